The number of nitrogens with zero attached hydrogens (tertiary/aromatic N) is 3. The molecule has 12 rings (SSSR count). The molecule has 106 heavy (non-hydrogen) atoms. The maximum atomic E-state index is 16.2. The molecule has 22 nitrogen and oxygen atoms in total. The van der Waals surface area contributed by atoms with Crippen LogP contribution in [0.2, 0.25) is 0 Å². The predicted octanol–water partition coefficient (Wildman–Crippen LogP) is 13.7. The van der Waals surface area contributed by atoms with E-state index in [2.05, 4.69) is 15.3 Å². The fourth-order valence-electron chi connectivity index (χ4n) is 13.2. The van der Waals surface area contributed by atoms with Crippen LogP contribution in [0.25, 0.3) is 10.4 Å². The summed E-state index contributed by atoms with van der Waals surface area (Å²) < 4.78 is 102. The molecule has 0 radical (unpaired) electrons. The Morgan fingerprint density at radius 2 is 0.972 bits per heavy atom. The lowest BCUT2D eigenvalue weighted by Gasteiger charge is -2.56. The number of fused-ring (bicyclic) bond motifs is 1. The number of alkyl halides is 3. The zero-order valence-electron chi connectivity index (χ0n) is 58.2. The fourth-order valence-corrected chi connectivity index (χ4v) is 13.3. The molecule has 25 heteroatoms. The van der Waals surface area contributed by atoms with Gasteiger partial charge in [-0.15, -0.1) is 0 Å². The first-order valence-electron chi connectivity index (χ1n) is 35.0. The smallest absolute Gasteiger partial charge is 0.367 e. The van der Waals surface area contributed by atoms with Gasteiger partial charge in [0.15, 0.2) is 12.4 Å². The molecular weight excluding hydrogens is 1420 g/mol. The van der Waals surface area contributed by atoms with Crippen LogP contribution in [-0.4, -0.2) is 139 Å². The molecule has 0 bridgehead atoms. The Balaban J connectivity index is 0.988. The minimum absolute atomic E-state index is 0.000922. The first-order chi connectivity index (χ1) is 51.8. The van der Waals surface area contributed by atoms with Crippen molar-refractivity contribution in [2.45, 2.75) is 168 Å². The third-order valence-corrected chi connectivity index (χ3v) is 18.8. The van der Waals surface area contributed by atoms with E-state index in [1.165, 1.54) is 6.92 Å². The molecule has 4 aliphatic heterocycles. The van der Waals surface area contributed by atoms with Crippen LogP contribution in [0, 0.1) is 5.41 Å². The largest absolute Gasteiger partial charge is 0.453 e. The number of carbonyl (C=O) groups excluding carboxylic acids is 2. The summed E-state index contributed by atoms with van der Waals surface area (Å²) in [5.74, 6) is -4.70. The lowest BCUT2D eigenvalue weighted by molar-refractivity contribution is -0.409. The van der Waals surface area contributed by atoms with E-state index in [1.807, 2.05) is 243 Å². The maximum absolute atomic E-state index is 16.2. The number of ether oxygens (including phenoxy) is 15. The molecule has 556 valence electrons. The van der Waals surface area contributed by atoms with Crippen molar-refractivity contribution in [2.24, 2.45) is 5.11 Å². The van der Waals surface area contributed by atoms with E-state index in [-0.39, 0.29) is 79.1 Å². The number of esters is 1. The number of hydrogen-bond donors (Lipinski definition) is 2. The molecule has 4 heterocycles. The second-order valence-electron chi connectivity index (χ2n) is 26.0. The highest BCUT2D eigenvalue weighted by Crippen LogP contribution is 2.46. The molecule has 0 saturated carbocycles. The Morgan fingerprint density at radius 3 is 1.44 bits per heavy atom. The van der Waals surface area contributed by atoms with Gasteiger partial charge < -0.3 is 76.4 Å². The monoisotopic (exact) mass is 1500 g/mol. The summed E-state index contributed by atoms with van der Waals surface area (Å²) in [7, 11) is 0. The quantitative estimate of drug-likeness (QED) is 0.00722. The Morgan fingerprint density at radius 1 is 0.547 bits per heavy atom. The minimum atomic E-state index is -2.44. The lowest BCUT2D eigenvalue weighted by atomic mass is 9.86. The zero-order chi connectivity index (χ0) is 73.5. The average molecular weight is 1510 g/mol. The van der Waals surface area contributed by atoms with Gasteiger partial charge in [0.2, 0.25) is 18.1 Å². The number of nitrogens with one attached hydrogen (secondary N) is 2. The predicted molar refractivity (Wildman–Crippen MR) is 392 cm³/mol. The summed E-state index contributed by atoms with van der Waals surface area (Å²) in [5, 5.41) is 16.1. The normalized spacial score (nSPS) is 25.6. The lowest BCUT2D eigenvalue weighted by Crippen LogP contribution is -2.75. The molecule has 8 aromatic rings. The van der Waals surface area contributed by atoms with Crippen LogP contribution >= 0.6 is 34.8 Å². The van der Waals surface area contributed by atoms with Crippen molar-refractivity contribution in [1.29, 1.82) is 5.41 Å². The standard InChI is InChI=1S/C81H84Cl3N5O17/c1-54(90)87-67-63(95-46-58-32-16-5-17-33-58)42-80(105-73(67)69(97-48-60-36-20-7-21-37-60)64(96-47-59-34-18-6-19-35-59)51-92-43-55-26-10-2-11-27-55)79(91)103-71-66(53-94-45-57-30-14-4-15-31-57)101-77(75(74(71)106-80)99-50-62-40-24-9-25-41-62)102-70-65(52-93-44-56-28-12-3-13-29-56)100-76(104-78(85)81(82,83)84)68(88-89-86)72(70)98-49-61-38-22-8-23-39-61/h2-41,63-77,85H,42-53H2,1H3,(H,87,90)/t63-,64+,65+,66+,67+,68+,69+,70+,71-,72+,73+,74-,75+,76+,77-,80-/m0/s1. The molecule has 8 aromatic carbocycles. The molecule has 0 unspecified atom stereocenters. The van der Waals surface area contributed by atoms with Crippen molar-refractivity contribution in [1.82, 2.24) is 5.32 Å². The van der Waals surface area contributed by atoms with Crippen LogP contribution in [0.5, 0.6) is 0 Å². The van der Waals surface area contributed by atoms with Crippen LogP contribution in [0.15, 0.2) is 248 Å². The first kappa shape index (κ1) is 77.4. The highest BCUT2D eigenvalue weighted by atomic mass is 35.6. The van der Waals surface area contributed by atoms with Gasteiger partial charge in [-0.05, 0) is 50.0 Å². The van der Waals surface area contributed by atoms with Crippen LogP contribution in [-0.2, 0) is 133 Å². The van der Waals surface area contributed by atoms with Gasteiger partial charge in [-0.25, -0.2) is 4.79 Å². The van der Waals surface area contributed by atoms with Gasteiger partial charge in [0, 0.05) is 18.3 Å². The molecule has 0 aromatic heterocycles. The maximum Gasteiger partial charge on any atom is 0.367 e. The Kier molecular flexibility index (Phi) is 28.2. The van der Waals surface area contributed by atoms with Crippen molar-refractivity contribution in [3.63, 3.8) is 0 Å². The Labute approximate surface area is 630 Å². The SMILES string of the molecule is CC(=O)N[C@H]1[C@H]([C@H](OCc2ccccc2)[C@@H](COCc2ccccc2)OCc2ccccc2)O[C@@]2(C[C@@H]1OCc1ccccc1)O[C@H]1[C@@H](OC2=O)[C@@H](COCc2ccccc2)O[C@@H](O[C@H]2[C@H](OCc3ccccc3)[C@@H](N=[N+]=[N-])[C@@H](OC(=N)C(Cl)(Cl)Cl)O[C@@H]2COCc2ccccc2)[C@@H]1OCc1ccccc1. The third kappa shape index (κ3) is 21.4. The van der Waals surface area contributed by atoms with Crippen LogP contribution < -0.4 is 5.32 Å². The van der Waals surface area contributed by atoms with Gasteiger partial charge in [0.1, 0.15) is 61.0 Å². The Bertz CT molecular complexity index is 4040. The van der Waals surface area contributed by atoms with Gasteiger partial charge in [-0.3, -0.25) is 10.2 Å². The minimum Gasteiger partial charge on any atom is -0.453 e. The van der Waals surface area contributed by atoms with Crippen molar-refractivity contribution < 1.29 is 80.6 Å². The number of rotatable bonds is 34. The molecule has 4 fully saturated rings. The van der Waals surface area contributed by atoms with E-state index in [9.17, 15) is 10.3 Å². The van der Waals surface area contributed by atoms with Crippen LogP contribution in [0.1, 0.15) is 57.9 Å². The molecule has 1 amide bonds. The number of halogens is 3. The van der Waals surface area contributed by atoms with Crippen molar-refractivity contribution >= 4 is 52.6 Å². The topological polar surface area (TPSA) is 257 Å². The highest BCUT2D eigenvalue weighted by Gasteiger charge is 2.66. The van der Waals surface area contributed by atoms with Gasteiger partial charge in [0.05, 0.1) is 84.8 Å². The van der Waals surface area contributed by atoms with Crippen LogP contribution in [0.3, 0.4) is 0 Å². The van der Waals surface area contributed by atoms with Crippen molar-refractivity contribution in [3.8, 4) is 0 Å². The van der Waals surface area contributed by atoms with E-state index in [4.69, 9.17) is 111 Å². The number of azide groups is 1. The number of hydrogen-bond acceptors (Lipinski definition) is 19. The van der Waals surface area contributed by atoms with Crippen LogP contribution in [0.4, 0.5) is 0 Å². The summed E-state index contributed by atoms with van der Waals surface area (Å²) in [6.45, 7) is 1.11. The van der Waals surface area contributed by atoms with E-state index in [0.717, 1.165) is 38.9 Å². The van der Waals surface area contributed by atoms with Crippen molar-refractivity contribution in [3.05, 3.63) is 298 Å². The molecule has 1 spiro atoms. The van der Waals surface area contributed by atoms with Gasteiger partial charge in [-0.1, -0.05) is 283 Å². The first-order valence-corrected chi connectivity index (χ1v) is 36.2. The number of benzene rings is 8. The van der Waals surface area contributed by atoms with Crippen molar-refractivity contribution in [2.75, 3.05) is 19.8 Å². The number of carbonyl (C=O) groups is 2. The summed E-state index contributed by atoms with van der Waals surface area (Å²) in [4.78, 5) is 33.4. The van der Waals surface area contributed by atoms with E-state index >= 15 is 4.79 Å². The molecule has 16 atom stereocenters. The molecular formula is C81H84Cl3N5O17. The van der Waals surface area contributed by atoms with Gasteiger partial charge in [0.25, 0.3) is 9.58 Å². The summed E-state index contributed by atoms with van der Waals surface area (Å²) in [6.07, 6.45) is -17.7. The Hall–Kier alpha value is -8.17. The van der Waals surface area contributed by atoms with Gasteiger partial charge in [-0.2, -0.15) is 0 Å². The summed E-state index contributed by atoms with van der Waals surface area (Å²) in [6, 6.07) is 73.2. The average Bonchev–Trinajstić information content (AvgIpc) is 0.725. The highest BCUT2D eigenvalue weighted by molar-refractivity contribution is 6.76. The van der Waals surface area contributed by atoms with E-state index in [0.29, 0.717) is 5.56 Å². The third-order valence-electron chi connectivity index (χ3n) is 18.3. The molecule has 4 aliphatic rings. The van der Waals surface area contributed by atoms with E-state index in [1.54, 1.807) is 0 Å². The molecule has 0 aliphatic carbocycles. The van der Waals surface area contributed by atoms with Gasteiger partial charge >= 0.3 is 5.97 Å². The summed E-state index contributed by atoms with van der Waals surface area (Å²) in [5.41, 5.74) is 16.9. The molecule has 4 saturated heterocycles. The van der Waals surface area contributed by atoms with E-state index < -0.39 is 119 Å². The summed E-state index contributed by atoms with van der Waals surface area (Å²) >= 11 is 18.8. The molecule has 2 N–H and O–H groups in total. The second-order valence-corrected chi connectivity index (χ2v) is 28.3. The second kappa shape index (κ2) is 38.6. The number of amides is 1. The fraction of sp³-hybridized carbons (Fsp3) is 0.370. The zero-order valence-corrected chi connectivity index (χ0v) is 60.4.